The molecule has 1 fully saturated rings. The van der Waals surface area contributed by atoms with E-state index in [9.17, 15) is 9.59 Å². The van der Waals surface area contributed by atoms with E-state index >= 15 is 0 Å². The Hall–Kier alpha value is -3.20. The number of hydrogen-bond acceptors (Lipinski definition) is 7. The van der Waals surface area contributed by atoms with Crippen LogP contribution >= 0.6 is 0 Å². The van der Waals surface area contributed by atoms with Crippen molar-refractivity contribution in [2.45, 2.75) is 32.4 Å². The Bertz CT molecular complexity index is 942. The average Bonchev–Trinajstić information content (AvgIpc) is 2.73. The predicted octanol–water partition coefficient (Wildman–Crippen LogP) is 1.83. The molecule has 2 amide bonds. The first-order valence-corrected chi connectivity index (χ1v) is 10.1. The maximum Gasteiger partial charge on any atom is 0.405 e. The molecular weight excluding hydrogens is 384 g/mol. The number of amides is 2. The van der Waals surface area contributed by atoms with E-state index in [0.717, 1.165) is 48.6 Å². The van der Waals surface area contributed by atoms with Gasteiger partial charge in [-0.3, -0.25) is 4.79 Å². The molecule has 2 atom stereocenters. The Labute approximate surface area is 175 Å². The molecule has 3 N–H and O–H groups in total. The Morgan fingerprint density at radius 1 is 1.17 bits per heavy atom. The molecule has 0 aliphatic carbocycles. The van der Waals surface area contributed by atoms with Crippen molar-refractivity contribution < 1.29 is 14.3 Å². The number of nitrogens with one attached hydrogen (secondary N) is 1. The van der Waals surface area contributed by atoms with Crippen LogP contribution in [0.15, 0.2) is 30.6 Å². The molecule has 2 aromatic rings. The normalized spacial score (nSPS) is 21.1. The van der Waals surface area contributed by atoms with Crippen LogP contribution in [0.2, 0.25) is 0 Å². The second-order valence-electron chi connectivity index (χ2n) is 7.68. The number of anilines is 2. The first-order chi connectivity index (χ1) is 14.4. The molecule has 0 bridgehead atoms. The summed E-state index contributed by atoms with van der Waals surface area (Å²) in [5.74, 6) is 0.655. The zero-order valence-corrected chi connectivity index (χ0v) is 17.2. The second-order valence-corrected chi connectivity index (χ2v) is 7.68. The SMILES string of the molecule is CC(=O)N1c2ccc(-c3cnc(N4CCNCC4)nc3)cc2C(OC(N)=O)CC1C. The number of carbonyl (C=O) groups is 2. The lowest BCUT2D eigenvalue weighted by Gasteiger charge is -2.38. The number of ether oxygens (including phenoxy) is 1. The molecule has 4 rings (SSSR count). The molecule has 0 radical (unpaired) electrons. The van der Waals surface area contributed by atoms with Crippen LogP contribution < -0.4 is 20.9 Å². The maximum absolute atomic E-state index is 12.2. The van der Waals surface area contributed by atoms with Crippen molar-refractivity contribution in [2.75, 3.05) is 36.0 Å². The van der Waals surface area contributed by atoms with Crippen molar-refractivity contribution in [3.05, 3.63) is 36.2 Å². The third-order valence-corrected chi connectivity index (χ3v) is 5.60. The standard InChI is InChI=1S/C21H26N6O3/c1-13-9-19(30-20(22)29)17-10-15(3-4-18(17)27(13)14(2)28)16-11-24-21(25-12-16)26-7-5-23-6-8-26/h3-4,10-13,19,23H,5-9H2,1-2H3,(H2,22,29). The fourth-order valence-electron chi connectivity index (χ4n) is 4.22. The van der Waals surface area contributed by atoms with Crippen molar-refractivity contribution >= 4 is 23.6 Å². The van der Waals surface area contributed by atoms with Crippen LogP contribution in [0, 0.1) is 0 Å². The van der Waals surface area contributed by atoms with Gasteiger partial charge in [0.2, 0.25) is 11.9 Å². The summed E-state index contributed by atoms with van der Waals surface area (Å²) < 4.78 is 5.36. The minimum atomic E-state index is -0.830. The van der Waals surface area contributed by atoms with Gasteiger partial charge in [0, 0.05) is 69.1 Å². The van der Waals surface area contributed by atoms with E-state index in [1.165, 1.54) is 6.92 Å². The van der Waals surface area contributed by atoms with Crippen LogP contribution in [0.3, 0.4) is 0 Å². The summed E-state index contributed by atoms with van der Waals surface area (Å²) in [4.78, 5) is 36.6. The predicted molar refractivity (Wildman–Crippen MR) is 113 cm³/mol. The molecule has 2 aliphatic rings. The number of piperazine rings is 1. The van der Waals surface area contributed by atoms with Gasteiger partial charge in [-0.15, -0.1) is 0 Å². The van der Waals surface area contributed by atoms with E-state index in [1.54, 1.807) is 17.3 Å². The van der Waals surface area contributed by atoms with E-state index in [2.05, 4.69) is 20.2 Å². The zero-order valence-electron chi connectivity index (χ0n) is 17.2. The maximum atomic E-state index is 12.2. The largest absolute Gasteiger partial charge is 0.441 e. The molecule has 2 unspecified atom stereocenters. The van der Waals surface area contributed by atoms with Gasteiger partial charge >= 0.3 is 6.09 Å². The molecule has 3 heterocycles. The van der Waals surface area contributed by atoms with Gasteiger partial charge in [-0.2, -0.15) is 0 Å². The summed E-state index contributed by atoms with van der Waals surface area (Å²) in [6.45, 7) is 7.06. The van der Waals surface area contributed by atoms with E-state index in [0.29, 0.717) is 12.4 Å². The molecule has 1 saturated heterocycles. The van der Waals surface area contributed by atoms with Gasteiger partial charge in [-0.05, 0) is 24.6 Å². The highest BCUT2D eigenvalue weighted by Crippen LogP contribution is 2.41. The van der Waals surface area contributed by atoms with Crippen LogP contribution in [-0.4, -0.2) is 54.2 Å². The van der Waals surface area contributed by atoms with Crippen LogP contribution in [0.4, 0.5) is 16.4 Å². The Balaban J connectivity index is 1.67. The first-order valence-electron chi connectivity index (χ1n) is 10.1. The van der Waals surface area contributed by atoms with Crippen LogP contribution in [-0.2, 0) is 9.53 Å². The van der Waals surface area contributed by atoms with Gasteiger partial charge in [-0.1, -0.05) is 6.07 Å². The topological polar surface area (TPSA) is 114 Å². The van der Waals surface area contributed by atoms with Crippen molar-refractivity contribution in [1.29, 1.82) is 0 Å². The number of fused-ring (bicyclic) bond motifs is 1. The van der Waals surface area contributed by atoms with Gasteiger partial charge in [-0.25, -0.2) is 14.8 Å². The fourth-order valence-corrected chi connectivity index (χ4v) is 4.22. The summed E-state index contributed by atoms with van der Waals surface area (Å²) >= 11 is 0. The summed E-state index contributed by atoms with van der Waals surface area (Å²) in [6.07, 6.45) is 2.74. The van der Waals surface area contributed by atoms with Crippen molar-refractivity contribution in [2.24, 2.45) is 5.73 Å². The summed E-state index contributed by atoms with van der Waals surface area (Å²) in [5.41, 5.74) is 8.51. The monoisotopic (exact) mass is 410 g/mol. The Morgan fingerprint density at radius 3 is 2.50 bits per heavy atom. The highest BCUT2D eigenvalue weighted by molar-refractivity contribution is 5.94. The molecule has 2 aliphatic heterocycles. The zero-order chi connectivity index (χ0) is 21.3. The number of nitrogens with zero attached hydrogens (tertiary/aromatic N) is 4. The third kappa shape index (κ3) is 3.93. The summed E-state index contributed by atoms with van der Waals surface area (Å²) in [7, 11) is 0. The quantitative estimate of drug-likeness (QED) is 0.793. The van der Waals surface area contributed by atoms with Crippen LogP contribution in [0.1, 0.15) is 31.9 Å². The van der Waals surface area contributed by atoms with E-state index in [4.69, 9.17) is 10.5 Å². The van der Waals surface area contributed by atoms with Crippen molar-refractivity contribution in [1.82, 2.24) is 15.3 Å². The molecule has 158 valence electrons. The molecule has 1 aromatic carbocycles. The Morgan fingerprint density at radius 2 is 1.87 bits per heavy atom. The lowest BCUT2D eigenvalue weighted by molar-refractivity contribution is -0.117. The number of nitrogens with two attached hydrogens (primary N) is 1. The molecule has 9 heteroatoms. The molecule has 9 nitrogen and oxygen atoms in total. The minimum Gasteiger partial charge on any atom is -0.441 e. The lowest BCUT2D eigenvalue weighted by atomic mass is 9.91. The first kappa shape index (κ1) is 20.1. The molecule has 0 spiro atoms. The molecular formula is C21H26N6O3. The van der Waals surface area contributed by atoms with E-state index in [-0.39, 0.29) is 11.9 Å². The minimum absolute atomic E-state index is 0.0577. The highest BCUT2D eigenvalue weighted by atomic mass is 16.6. The van der Waals surface area contributed by atoms with Gasteiger partial charge in [0.15, 0.2) is 0 Å². The summed E-state index contributed by atoms with van der Waals surface area (Å²) in [6, 6.07) is 5.63. The number of hydrogen-bond donors (Lipinski definition) is 2. The van der Waals surface area contributed by atoms with Gasteiger partial charge in [0.1, 0.15) is 6.10 Å². The van der Waals surface area contributed by atoms with Crippen LogP contribution in [0.25, 0.3) is 11.1 Å². The highest BCUT2D eigenvalue weighted by Gasteiger charge is 2.34. The average molecular weight is 410 g/mol. The molecule has 1 aromatic heterocycles. The molecule has 30 heavy (non-hydrogen) atoms. The van der Waals surface area contributed by atoms with E-state index in [1.807, 2.05) is 25.1 Å². The fraction of sp³-hybridized carbons (Fsp3) is 0.429. The number of aromatic nitrogens is 2. The lowest BCUT2D eigenvalue weighted by Crippen LogP contribution is -2.44. The Kier molecular flexibility index (Phi) is 5.54. The van der Waals surface area contributed by atoms with E-state index < -0.39 is 12.2 Å². The second kappa shape index (κ2) is 8.27. The van der Waals surface area contributed by atoms with Crippen molar-refractivity contribution in [3.63, 3.8) is 0 Å². The van der Waals surface area contributed by atoms with Gasteiger partial charge in [0.25, 0.3) is 0 Å². The summed E-state index contributed by atoms with van der Waals surface area (Å²) in [5, 5.41) is 3.31. The van der Waals surface area contributed by atoms with Gasteiger partial charge in [0.05, 0.1) is 5.69 Å². The number of primary amides is 1. The molecule has 0 saturated carbocycles. The van der Waals surface area contributed by atoms with Crippen molar-refractivity contribution in [3.8, 4) is 11.1 Å². The smallest absolute Gasteiger partial charge is 0.405 e. The number of carbonyl (C=O) groups excluding carboxylic acids is 2. The third-order valence-electron chi connectivity index (χ3n) is 5.60. The van der Waals surface area contributed by atoms with Crippen LogP contribution in [0.5, 0.6) is 0 Å². The number of benzene rings is 1. The number of rotatable bonds is 3. The van der Waals surface area contributed by atoms with Gasteiger partial charge < -0.3 is 25.6 Å².